The number of pyridine rings is 1. The van der Waals surface area contributed by atoms with E-state index in [2.05, 4.69) is 60.5 Å². The van der Waals surface area contributed by atoms with Gasteiger partial charge in [0, 0.05) is 18.0 Å². The summed E-state index contributed by atoms with van der Waals surface area (Å²) in [6.07, 6.45) is 4.79. The summed E-state index contributed by atoms with van der Waals surface area (Å²) in [5, 5.41) is 0. The molecule has 154 valence electrons. The Bertz CT molecular complexity index is 1030. The van der Waals surface area contributed by atoms with Gasteiger partial charge in [-0.25, -0.2) is 4.79 Å². The van der Waals surface area contributed by atoms with Crippen molar-refractivity contribution < 1.29 is 9.27 Å². The van der Waals surface area contributed by atoms with Crippen LogP contribution in [0.15, 0.2) is 79.0 Å². The fourth-order valence-electron chi connectivity index (χ4n) is 5.20. The molecule has 30 heavy (non-hydrogen) atoms. The number of nitrogens with zero attached hydrogens (tertiary/aromatic N) is 3. The van der Waals surface area contributed by atoms with Gasteiger partial charge in [0.15, 0.2) is 0 Å². The molecule has 0 saturated heterocycles. The van der Waals surface area contributed by atoms with Gasteiger partial charge in [0.1, 0.15) is 5.69 Å². The van der Waals surface area contributed by atoms with Gasteiger partial charge in [-0.1, -0.05) is 69.2 Å². The van der Waals surface area contributed by atoms with E-state index in [-0.39, 0.29) is 6.03 Å². The van der Waals surface area contributed by atoms with Crippen LogP contribution in [0.1, 0.15) is 32.3 Å². The first kappa shape index (κ1) is 20.2. The number of aromatic nitrogens is 1. The number of carbonyl (C=O) groups is 1. The first-order chi connectivity index (χ1) is 14.6. The van der Waals surface area contributed by atoms with E-state index in [1.807, 2.05) is 53.4 Å². The SMILES string of the molecule is CCC[B-]1(CCC)N(c2ccccc2C)C(=O)N(c2ccccc2)c2cccc[n+]21. The molecule has 0 atom stereocenters. The second kappa shape index (κ2) is 8.35. The average molecular weight is 399 g/mol. The van der Waals surface area contributed by atoms with Crippen molar-refractivity contribution in [2.45, 2.75) is 46.3 Å². The third-order valence-corrected chi connectivity index (χ3v) is 6.38. The molecule has 2 amide bonds. The first-order valence-corrected chi connectivity index (χ1v) is 11.1. The number of para-hydroxylation sites is 2. The van der Waals surface area contributed by atoms with Gasteiger partial charge in [-0.3, -0.25) is 0 Å². The van der Waals surface area contributed by atoms with Crippen LogP contribution < -0.4 is 14.2 Å². The van der Waals surface area contributed by atoms with Crippen molar-refractivity contribution in [3.05, 3.63) is 84.6 Å². The second-order valence-corrected chi connectivity index (χ2v) is 8.29. The van der Waals surface area contributed by atoms with Gasteiger partial charge in [0.25, 0.3) is 6.42 Å². The van der Waals surface area contributed by atoms with Crippen LogP contribution >= 0.6 is 0 Å². The van der Waals surface area contributed by atoms with Crippen LogP contribution in [0.2, 0.25) is 12.6 Å². The maximum Gasteiger partial charge on any atom is 0.384 e. The fourth-order valence-corrected chi connectivity index (χ4v) is 5.20. The van der Waals surface area contributed by atoms with Crippen molar-refractivity contribution in [2.75, 3.05) is 9.71 Å². The largest absolute Gasteiger partial charge is 0.411 e. The van der Waals surface area contributed by atoms with Crippen LogP contribution in [0, 0.1) is 6.92 Å². The lowest BCUT2D eigenvalue weighted by Crippen LogP contribution is -2.81. The molecule has 2 aromatic carbocycles. The Hall–Kier alpha value is -3.08. The number of hydrogen-bond acceptors (Lipinski definition) is 1. The molecule has 4 rings (SSSR count). The molecule has 5 heteroatoms. The minimum absolute atomic E-state index is 0.0311. The molecule has 0 N–H and O–H groups in total. The Balaban J connectivity index is 2.04. The van der Waals surface area contributed by atoms with E-state index >= 15 is 0 Å². The molecule has 0 fully saturated rings. The summed E-state index contributed by atoms with van der Waals surface area (Å²) in [6, 6.07) is 24.4. The summed E-state index contributed by atoms with van der Waals surface area (Å²) in [6.45, 7) is 6.53. The zero-order valence-electron chi connectivity index (χ0n) is 18.2. The second-order valence-electron chi connectivity index (χ2n) is 8.29. The van der Waals surface area contributed by atoms with E-state index in [1.165, 1.54) is 0 Å². The molecule has 1 aromatic heterocycles. The minimum atomic E-state index is -1.31. The third kappa shape index (κ3) is 3.19. The van der Waals surface area contributed by atoms with E-state index in [9.17, 15) is 4.79 Å². The molecule has 0 radical (unpaired) electrons. The standard InChI is InChI=1S/C25H30BN3O/c1-4-18-26(19-5-2)27-20-12-11-17-24(27)28(22-14-7-6-8-15-22)25(30)29(26)23-16-10-9-13-21(23)3/h6-17,20H,4-5,18-19H2,1-3H3. The molecule has 2 heterocycles. The molecule has 0 bridgehead atoms. The Labute approximate surface area is 179 Å². The van der Waals surface area contributed by atoms with E-state index in [0.29, 0.717) is 0 Å². The lowest BCUT2D eigenvalue weighted by atomic mass is 9.38. The molecule has 0 spiro atoms. The summed E-state index contributed by atoms with van der Waals surface area (Å²) >= 11 is 0. The van der Waals surface area contributed by atoms with Gasteiger partial charge < -0.3 is 9.29 Å². The molecule has 0 aliphatic carbocycles. The highest BCUT2D eigenvalue weighted by Crippen LogP contribution is 2.38. The predicted octanol–water partition coefficient (Wildman–Crippen LogP) is 6.17. The van der Waals surface area contributed by atoms with Crippen molar-refractivity contribution in [2.24, 2.45) is 0 Å². The van der Waals surface area contributed by atoms with Crippen molar-refractivity contribution >= 4 is 29.6 Å². The number of carbonyl (C=O) groups excluding carboxylic acids is 1. The van der Waals surface area contributed by atoms with Crippen LogP contribution in [0.5, 0.6) is 0 Å². The van der Waals surface area contributed by atoms with E-state index < -0.39 is 6.42 Å². The Kier molecular flexibility index (Phi) is 5.62. The highest BCUT2D eigenvalue weighted by atomic mass is 16.2. The van der Waals surface area contributed by atoms with Gasteiger partial charge in [0.05, 0.1) is 0 Å². The van der Waals surface area contributed by atoms with Crippen molar-refractivity contribution in [1.29, 1.82) is 0 Å². The van der Waals surface area contributed by atoms with Crippen molar-refractivity contribution in [3.8, 4) is 0 Å². The van der Waals surface area contributed by atoms with Crippen LogP contribution in [0.25, 0.3) is 0 Å². The van der Waals surface area contributed by atoms with E-state index in [4.69, 9.17) is 0 Å². The predicted molar refractivity (Wildman–Crippen MR) is 126 cm³/mol. The zero-order chi connectivity index (χ0) is 21.1. The monoisotopic (exact) mass is 399 g/mol. The van der Waals surface area contributed by atoms with Gasteiger partial charge in [-0.2, -0.15) is 0 Å². The fraction of sp³-hybridized carbons (Fsp3) is 0.280. The van der Waals surface area contributed by atoms with Crippen molar-refractivity contribution in [1.82, 2.24) is 0 Å². The topological polar surface area (TPSA) is 27.4 Å². The smallest absolute Gasteiger partial charge is 0.384 e. The third-order valence-electron chi connectivity index (χ3n) is 6.38. The van der Waals surface area contributed by atoms with Crippen LogP contribution in [0.4, 0.5) is 22.0 Å². The lowest BCUT2D eigenvalue weighted by Gasteiger charge is -2.52. The molecule has 1 aliphatic rings. The Morgan fingerprint density at radius 2 is 1.47 bits per heavy atom. The number of rotatable bonds is 6. The number of hydrogen-bond donors (Lipinski definition) is 0. The lowest BCUT2D eigenvalue weighted by molar-refractivity contribution is -0.536. The number of benzene rings is 2. The van der Waals surface area contributed by atoms with Gasteiger partial charge in [0.2, 0.25) is 5.82 Å². The molecule has 0 saturated carbocycles. The number of aryl methyl sites for hydroxylation is 1. The molecule has 3 aromatic rings. The maximum atomic E-state index is 14.3. The molecule has 1 aliphatic heterocycles. The van der Waals surface area contributed by atoms with Crippen molar-refractivity contribution in [3.63, 3.8) is 0 Å². The highest BCUT2D eigenvalue weighted by molar-refractivity contribution is 6.80. The maximum absolute atomic E-state index is 14.3. The Morgan fingerprint density at radius 1 is 0.833 bits per heavy atom. The van der Waals surface area contributed by atoms with Crippen LogP contribution in [0.3, 0.4) is 0 Å². The summed E-state index contributed by atoms with van der Waals surface area (Å²) in [5.41, 5.74) is 3.02. The van der Waals surface area contributed by atoms with Gasteiger partial charge in [-0.05, 0) is 36.8 Å². The molecule has 4 nitrogen and oxygen atoms in total. The van der Waals surface area contributed by atoms with Gasteiger partial charge in [-0.15, -0.1) is 17.5 Å². The quantitative estimate of drug-likeness (QED) is 0.456. The minimum Gasteiger partial charge on any atom is -0.411 e. The van der Waals surface area contributed by atoms with Crippen LogP contribution in [-0.4, -0.2) is 12.4 Å². The first-order valence-electron chi connectivity index (χ1n) is 11.1. The summed E-state index contributed by atoms with van der Waals surface area (Å²) in [7, 11) is 0. The molecular formula is C25H30BN3O. The summed E-state index contributed by atoms with van der Waals surface area (Å²) in [5.74, 6) is 0.945. The summed E-state index contributed by atoms with van der Waals surface area (Å²) in [4.78, 5) is 18.2. The van der Waals surface area contributed by atoms with E-state index in [1.54, 1.807) is 0 Å². The average Bonchev–Trinajstić information content (AvgIpc) is 2.76. The molecule has 0 unspecified atom stereocenters. The number of fused-ring (bicyclic) bond motifs is 1. The van der Waals surface area contributed by atoms with E-state index in [0.717, 1.165) is 48.2 Å². The van der Waals surface area contributed by atoms with Gasteiger partial charge >= 0.3 is 6.03 Å². The number of urea groups is 1. The molecular weight excluding hydrogens is 369 g/mol. The number of amides is 2. The zero-order valence-corrected chi connectivity index (χ0v) is 18.2. The summed E-state index contributed by atoms with van der Waals surface area (Å²) < 4.78 is 2.38. The Morgan fingerprint density at radius 3 is 2.13 bits per heavy atom. The normalized spacial score (nSPS) is 15.2. The number of anilines is 3. The highest BCUT2D eigenvalue weighted by Gasteiger charge is 2.51. The van der Waals surface area contributed by atoms with Crippen LogP contribution in [-0.2, 0) is 0 Å².